The molecule has 0 aliphatic heterocycles. The smallest absolute Gasteiger partial charge is 0.273 e. The van der Waals surface area contributed by atoms with Crippen molar-refractivity contribution < 1.29 is 17.9 Å². The lowest BCUT2D eigenvalue weighted by Gasteiger charge is -2.28. The molecule has 0 spiro atoms. The highest BCUT2D eigenvalue weighted by molar-refractivity contribution is 7.94. The van der Waals surface area contributed by atoms with Crippen LogP contribution in [0.3, 0.4) is 0 Å². The lowest BCUT2D eigenvalue weighted by atomic mass is 10.2. The first-order valence-corrected chi connectivity index (χ1v) is 11.5. The molecule has 2 aromatic rings. The summed E-state index contributed by atoms with van der Waals surface area (Å²) >= 11 is 1.18. The summed E-state index contributed by atoms with van der Waals surface area (Å²) in [7, 11) is -2.05. The van der Waals surface area contributed by atoms with Gasteiger partial charge in [0, 0.05) is 19.6 Å². The minimum Gasteiger partial charge on any atom is -0.484 e. The van der Waals surface area contributed by atoms with E-state index in [2.05, 4.69) is 13.8 Å². The summed E-state index contributed by atoms with van der Waals surface area (Å²) < 4.78 is 32.3. The summed E-state index contributed by atoms with van der Waals surface area (Å²) in [6.07, 6.45) is 0. The number of nitrogens with zero attached hydrogens (tertiary/aromatic N) is 2. The standard InChI is InChI=1S/C20H28N2O4S2/c1-15(2)13-22(16(3)4)19(23)14-26-18-10-8-17(9-11-18)21(5)28(24,25)20-7-6-12-27-20/h6-12,15-16H,13-14H2,1-5H3. The molecule has 0 fully saturated rings. The van der Waals surface area contributed by atoms with Crippen molar-refractivity contribution in [1.82, 2.24) is 4.90 Å². The van der Waals surface area contributed by atoms with Gasteiger partial charge in [-0.25, -0.2) is 8.42 Å². The third kappa shape index (κ3) is 5.48. The number of carbonyl (C=O) groups excluding carboxylic acids is 1. The van der Waals surface area contributed by atoms with Crippen LogP contribution in [0.25, 0.3) is 0 Å². The number of amides is 1. The molecule has 0 saturated heterocycles. The second-order valence-corrected chi connectivity index (χ2v) is 10.4. The minimum absolute atomic E-state index is 0.0480. The number of rotatable bonds is 9. The number of carbonyl (C=O) groups is 1. The molecule has 28 heavy (non-hydrogen) atoms. The quantitative estimate of drug-likeness (QED) is 0.613. The van der Waals surface area contributed by atoms with Crippen LogP contribution in [-0.4, -0.2) is 45.5 Å². The third-order valence-corrected chi connectivity index (χ3v) is 7.34. The molecule has 0 bridgehead atoms. The van der Waals surface area contributed by atoms with Crippen molar-refractivity contribution in [3.05, 3.63) is 41.8 Å². The van der Waals surface area contributed by atoms with Gasteiger partial charge in [-0.1, -0.05) is 19.9 Å². The third-order valence-electron chi connectivity index (χ3n) is 4.18. The molecule has 8 heteroatoms. The summed E-state index contributed by atoms with van der Waals surface area (Å²) in [5.74, 6) is 0.837. The van der Waals surface area contributed by atoms with Crippen LogP contribution < -0.4 is 9.04 Å². The number of hydrogen-bond donors (Lipinski definition) is 0. The lowest BCUT2D eigenvalue weighted by molar-refractivity contribution is -0.135. The van der Waals surface area contributed by atoms with E-state index in [-0.39, 0.29) is 18.6 Å². The van der Waals surface area contributed by atoms with Crippen LogP contribution in [0.2, 0.25) is 0 Å². The average Bonchev–Trinajstić information content (AvgIpc) is 3.19. The molecule has 0 N–H and O–H groups in total. The normalized spacial score (nSPS) is 11.7. The summed E-state index contributed by atoms with van der Waals surface area (Å²) in [6, 6.07) is 10.1. The predicted octanol–water partition coefficient (Wildman–Crippen LogP) is 3.85. The number of ether oxygens (including phenoxy) is 1. The topological polar surface area (TPSA) is 66.9 Å². The molecule has 0 radical (unpaired) electrons. The van der Waals surface area contributed by atoms with Crippen LogP contribution in [-0.2, 0) is 14.8 Å². The maximum atomic E-state index is 12.6. The Bertz CT molecular complexity index is 860. The average molecular weight is 425 g/mol. The van der Waals surface area contributed by atoms with E-state index in [1.165, 1.54) is 22.7 Å². The van der Waals surface area contributed by atoms with E-state index in [1.807, 2.05) is 13.8 Å². The van der Waals surface area contributed by atoms with E-state index in [0.29, 0.717) is 28.1 Å². The van der Waals surface area contributed by atoms with E-state index in [0.717, 1.165) is 0 Å². The highest BCUT2D eigenvalue weighted by Crippen LogP contribution is 2.26. The first-order valence-electron chi connectivity index (χ1n) is 9.17. The zero-order chi connectivity index (χ0) is 20.9. The van der Waals surface area contributed by atoms with Gasteiger partial charge >= 0.3 is 0 Å². The Balaban J connectivity index is 2.02. The Hall–Kier alpha value is -2.06. The van der Waals surface area contributed by atoms with E-state index in [4.69, 9.17) is 4.74 Å². The second kappa shape index (κ2) is 9.43. The van der Waals surface area contributed by atoms with Gasteiger partial charge in [0.15, 0.2) is 6.61 Å². The predicted molar refractivity (Wildman–Crippen MR) is 114 cm³/mol. The van der Waals surface area contributed by atoms with Gasteiger partial charge in [-0.15, -0.1) is 11.3 Å². The molecular formula is C20H28N2O4S2. The first kappa shape index (κ1) is 22.2. The Labute approximate surface area is 171 Å². The van der Waals surface area contributed by atoms with E-state index in [9.17, 15) is 13.2 Å². The number of benzene rings is 1. The highest BCUT2D eigenvalue weighted by atomic mass is 32.2. The fraction of sp³-hybridized carbons (Fsp3) is 0.450. The minimum atomic E-state index is -3.57. The van der Waals surface area contributed by atoms with Crippen molar-refractivity contribution in [2.75, 3.05) is 24.5 Å². The maximum Gasteiger partial charge on any atom is 0.273 e. The van der Waals surface area contributed by atoms with Crippen molar-refractivity contribution >= 4 is 33.0 Å². The van der Waals surface area contributed by atoms with Crippen LogP contribution in [0.15, 0.2) is 46.0 Å². The van der Waals surface area contributed by atoms with E-state index in [1.54, 1.807) is 46.7 Å². The van der Waals surface area contributed by atoms with Crippen molar-refractivity contribution in [1.29, 1.82) is 0 Å². The molecule has 0 saturated carbocycles. The fourth-order valence-corrected chi connectivity index (χ4v) is 5.01. The second-order valence-electron chi connectivity index (χ2n) is 7.22. The molecule has 0 aliphatic carbocycles. The molecule has 2 rings (SSSR count). The van der Waals surface area contributed by atoms with Gasteiger partial charge in [-0.2, -0.15) is 0 Å². The Morgan fingerprint density at radius 2 is 1.75 bits per heavy atom. The number of anilines is 1. The molecule has 1 aromatic carbocycles. The number of hydrogen-bond acceptors (Lipinski definition) is 5. The van der Waals surface area contributed by atoms with Gasteiger partial charge in [0.25, 0.3) is 15.9 Å². The summed E-state index contributed by atoms with van der Waals surface area (Å²) in [5, 5.41) is 1.73. The van der Waals surface area contributed by atoms with Crippen molar-refractivity contribution in [2.24, 2.45) is 5.92 Å². The summed E-state index contributed by atoms with van der Waals surface area (Å²) in [4.78, 5) is 14.3. The monoisotopic (exact) mass is 424 g/mol. The van der Waals surface area contributed by atoms with Gasteiger partial charge in [0.1, 0.15) is 9.96 Å². The van der Waals surface area contributed by atoms with Crippen LogP contribution in [0.4, 0.5) is 5.69 Å². The van der Waals surface area contributed by atoms with Crippen molar-refractivity contribution in [2.45, 2.75) is 37.9 Å². The maximum absolute atomic E-state index is 12.6. The molecule has 6 nitrogen and oxygen atoms in total. The Morgan fingerprint density at radius 1 is 1.11 bits per heavy atom. The summed E-state index contributed by atoms with van der Waals surface area (Å²) in [5.41, 5.74) is 0.524. The molecule has 0 aliphatic rings. The van der Waals surface area contributed by atoms with Crippen LogP contribution in [0.1, 0.15) is 27.7 Å². The number of sulfonamides is 1. The summed E-state index contributed by atoms with van der Waals surface area (Å²) in [6.45, 7) is 8.75. The molecule has 1 heterocycles. The molecule has 154 valence electrons. The van der Waals surface area contributed by atoms with Crippen molar-refractivity contribution in [3.63, 3.8) is 0 Å². The van der Waals surface area contributed by atoms with Gasteiger partial charge in [-0.05, 0) is 55.5 Å². The van der Waals surface area contributed by atoms with Crippen molar-refractivity contribution in [3.8, 4) is 5.75 Å². The molecular weight excluding hydrogens is 396 g/mol. The van der Waals surface area contributed by atoms with Crippen LogP contribution in [0.5, 0.6) is 5.75 Å². The Kier molecular flexibility index (Phi) is 7.48. The van der Waals surface area contributed by atoms with Crippen LogP contribution >= 0.6 is 11.3 Å². The highest BCUT2D eigenvalue weighted by Gasteiger charge is 2.22. The molecule has 1 aromatic heterocycles. The molecule has 0 unspecified atom stereocenters. The van der Waals surface area contributed by atoms with Gasteiger partial charge in [-0.3, -0.25) is 9.10 Å². The first-order chi connectivity index (χ1) is 13.1. The number of thiophene rings is 1. The van der Waals surface area contributed by atoms with E-state index >= 15 is 0 Å². The van der Waals surface area contributed by atoms with Crippen LogP contribution in [0, 0.1) is 5.92 Å². The van der Waals surface area contributed by atoms with Gasteiger partial charge < -0.3 is 9.64 Å². The molecule has 1 amide bonds. The van der Waals surface area contributed by atoms with Gasteiger partial charge in [0.05, 0.1) is 5.69 Å². The van der Waals surface area contributed by atoms with E-state index < -0.39 is 10.0 Å². The Morgan fingerprint density at radius 3 is 2.25 bits per heavy atom. The fourth-order valence-electron chi connectivity index (χ4n) is 2.66. The van der Waals surface area contributed by atoms with Gasteiger partial charge in [0.2, 0.25) is 0 Å². The zero-order valence-electron chi connectivity index (χ0n) is 17.0. The zero-order valence-corrected chi connectivity index (χ0v) is 18.6. The lowest BCUT2D eigenvalue weighted by Crippen LogP contribution is -2.42. The largest absolute Gasteiger partial charge is 0.484 e. The SMILES string of the molecule is CC(C)CN(C(=O)COc1ccc(N(C)S(=O)(=O)c2cccs2)cc1)C(C)C. The molecule has 0 atom stereocenters.